The van der Waals surface area contributed by atoms with E-state index < -0.39 is 11.8 Å². The molecule has 0 saturated heterocycles. The predicted molar refractivity (Wildman–Crippen MR) is 98.2 cm³/mol. The molecule has 1 atom stereocenters. The van der Waals surface area contributed by atoms with Crippen LogP contribution in [0.1, 0.15) is 42.7 Å². The van der Waals surface area contributed by atoms with Crippen LogP contribution in [0.25, 0.3) is 5.65 Å². The average molecular weight is 372 g/mol. The summed E-state index contributed by atoms with van der Waals surface area (Å²) in [6.45, 7) is 5.87. The minimum absolute atomic E-state index is 0.000225. The standard InChI is InChI=1S/C19H21FN4O3/c1-4-27-19(26)14-10-21-24-8-7-16(23-18(14)24)22-17(11(2)3)13-9-12(20)5-6-15(13)25/h5-11,17,25H,4H2,1-3H3,(H,22,23). The van der Waals surface area contributed by atoms with Crippen molar-refractivity contribution in [1.29, 1.82) is 0 Å². The number of esters is 1. The molecule has 142 valence electrons. The molecule has 0 saturated carbocycles. The molecular weight excluding hydrogens is 351 g/mol. The van der Waals surface area contributed by atoms with Gasteiger partial charge in [0.1, 0.15) is 22.9 Å². The van der Waals surface area contributed by atoms with Gasteiger partial charge in [0, 0.05) is 11.8 Å². The molecule has 1 unspecified atom stereocenters. The van der Waals surface area contributed by atoms with Crippen LogP contribution in [-0.4, -0.2) is 32.3 Å². The molecule has 0 radical (unpaired) electrons. The molecule has 1 aromatic carbocycles. The first-order chi connectivity index (χ1) is 12.9. The number of anilines is 1. The minimum Gasteiger partial charge on any atom is -0.508 e. The number of hydrogen-bond acceptors (Lipinski definition) is 6. The quantitative estimate of drug-likeness (QED) is 0.643. The Morgan fingerprint density at radius 1 is 1.37 bits per heavy atom. The highest BCUT2D eigenvalue weighted by Gasteiger charge is 2.21. The number of hydrogen-bond donors (Lipinski definition) is 2. The largest absolute Gasteiger partial charge is 0.508 e. The second-order valence-electron chi connectivity index (χ2n) is 6.43. The number of phenolic OH excluding ortho intramolecular Hbond substituents is 1. The van der Waals surface area contributed by atoms with E-state index in [4.69, 9.17) is 4.74 Å². The SMILES string of the molecule is CCOC(=O)c1cnn2ccc(NC(c3cc(F)ccc3O)C(C)C)nc12. The van der Waals surface area contributed by atoms with Crippen LogP contribution in [0.5, 0.6) is 5.75 Å². The highest BCUT2D eigenvalue weighted by Crippen LogP contribution is 2.32. The number of nitrogens with zero attached hydrogens (tertiary/aromatic N) is 3. The number of benzene rings is 1. The summed E-state index contributed by atoms with van der Waals surface area (Å²) < 4.78 is 20.2. The highest BCUT2D eigenvalue weighted by molar-refractivity contribution is 5.95. The third kappa shape index (κ3) is 3.84. The monoisotopic (exact) mass is 372 g/mol. The molecule has 3 rings (SSSR count). The predicted octanol–water partition coefficient (Wildman–Crippen LogP) is 3.56. The Labute approximate surface area is 155 Å². The molecule has 0 aliphatic heterocycles. The lowest BCUT2D eigenvalue weighted by atomic mass is 9.95. The van der Waals surface area contributed by atoms with Gasteiger partial charge in [-0.25, -0.2) is 18.7 Å². The first kappa shape index (κ1) is 18.6. The lowest BCUT2D eigenvalue weighted by Crippen LogP contribution is -2.18. The molecular formula is C19H21FN4O3. The minimum atomic E-state index is -0.500. The van der Waals surface area contributed by atoms with Crippen molar-refractivity contribution >= 4 is 17.4 Å². The van der Waals surface area contributed by atoms with Crippen molar-refractivity contribution in [3.8, 4) is 5.75 Å². The number of aromatic hydroxyl groups is 1. The maximum Gasteiger partial charge on any atom is 0.343 e. The van der Waals surface area contributed by atoms with Crippen molar-refractivity contribution in [3.05, 3.63) is 53.6 Å². The summed E-state index contributed by atoms with van der Waals surface area (Å²) in [5.41, 5.74) is 1.05. The molecule has 0 aliphatic rings. The summed E-state index contributed by atoms with van der Waals surface area (Å²) in [4.78, 5) is 16.5. The maximum atomic E-state index is 13.7. The Balaban J connectivity index is 1.97. The van der Waals surface area contributed by atoms with Crippen LogP contribution in [0.4, 0.5) is 10.2 Å². The van der Waals surface area contributed by atoms with Crippen LogP contribution < -0.4 is 5.32 Å². The summed E-state index contributed by atoms with van der Waals surface area (Å²) in [6.07, 6.45) is 3.07. The van der Waals surface area contributed by atoms with Crippen molar-refractivity contribution in [1.82, 2.24) is 14.6 Å². The second-order valence-corrected chi connectivity index (χ2v) is 6.43. The molecule has 2 aromatic heterocycles. The fourth-order valence-electron chi connectivity index (χ4n) is 2.84. The third-order valence-electron chi connectivity index (χ3n) is 4.16. The van der Waals surface area contributed by atoms with Crippen molar-refractivity contribution < 1.29 is 19.0 Å². The molecule has 0 bridgehead atoms. The summed E-state index contributed by atoms with van der Waals surface area (Å²) in [7, 11) is 0. The van der Waals surface area contributed by atoms with Crippen molar-refractivity contribution in [2.24, 2.45) is 5.92 Å². The van der Waals surface area contributed by atoms with Gasteiger partial charge in [0.2, 0.25) is 0 Å². The van der Waals surface area contributed by atoms with E-state index in [2.05, 4.69) is 15.4 Å². The molecule has 8 heteroatoms. The molecule has 27 heavy (non-hydrogen) atoms. The van der Waals surface area contributed by atoms with Gasteiger partial charge in [0.05, 0.1) is 18.8 Å². The summed E-state index contributed by atoms with van der Waals surface area (Å²) in [6, 6.07) is 5.14. The van der Waals surface area contributed by atoms with Crippen LogP contribution >= 0.6 is 0 Å². The van der Waals surface area contributed by atoms with E-state index in [-0.39, 0.29) is 29.9 Å². The number of nitrogens with one attached hydrogen (secondary N) is 1. The zero-order chi connectivity index (χ0) is 19.6. The van der Waals surface area contributed by atoms with E-state index in [1.165, 1.54) is 28.9 Å². The number of halogens is 1. The molecule has 2 N–H and O–H groups in total. The molecule has 7 nitrogen and oxygen atoms in total. The van der Waals surface area contributed by atoms with Crippen molar-refractivity contribution in [2.75, 3.05) is 11.9 Å². The fourth-order valence-corrected chi connectivity index (χ4v) is 2.84. The highest BCUT2D eigenvalue weighted by atomic mass is 19.1. The average Bonchev–Trinajstić information content (AvgIpc) is 3.05. The number of carbonyl (C=O) groups is 1. The molecule has 3 aromatic rings. The summed E-state index contributed by atoms with van der Waals surface area (Å²) in [5, 5.41) is 17.5. The Morgan fingerprint density at radius 2 is 2.15 bits per heavy atom. The molecule has 0 spiro atoms. The number of aromatic nitrogens is 3. The van der Waals surface area contributed by atoms with E-state index in [1.54, 1.807) is 19.2 Å². The van der Waals surface area contributed by atoms with Gasteiger partial charge in [-0.3, -0.25) is 0 Å². The zero-order valence-electron chi connectivity index (χ0n) is 15.3. The number of carbonyl (C=O) groups excluding carboxylic acids is 1. The van der Waals surface area contributed by atoms with Gasteiger partial charge < -0.3 is 15.2 Å². The van der Waals surface area contributed by atoms with E-state index in [0.717, 1.165) is 0 Å². The first-order valence-electron chi connectivity index (χ1n) is 8.67. The van der Waals surface area contributed by atoms with Gasteiger partial charge in [0.25, 0.3) is 0 Å². The van der Waals surface area contributed by atoms with Crippen molar-refractivity contribution in [3.63, 3.8) is 0 Å². The maximum absolute atomic E-state index is 13.7. The number of ether oxygens (including phenoxy) is 1. The van der Waals surface area contributed by atoms with E-state index >= 15 is 0 Å². The Morgan fingerprint density at radius 3 is 2.85 bits per heavy atom. The Kier molecular flexibility index (Phi) is 5.25. The normalized spacial score (nSPS) is 12.3. The topological polar surface area (TPSA) is 88.8 Å². The smallest absolute Gasteiger partial charge is 0.343 e. The number of rotatable bonds is 6. The van der Waals surface area contributed by atoms with Gasteiger partial charge in [0.15, 0.2) is 5.65 Å². The van der Waals surface area contributed by atoms with Crippen LogP contribution in [0.3, 0.4) is 0 Å². The molecule has 2 heterocycles. The van der Waals surface area contributed by atoms with E-state index in [0.29, 0.717) is 17.0 Å². The zero-order valence-corrected chi connectivity index (χ0v) is 15.3. The second kappa shape index (κ2) is 7.61. The third-order valence-corrected chi connectivity index (χ3v) is 4.16. The van der Waals surface area contributed by atoms with Crippen LogP contribution in [0, 0.1) is 11.7 Å². The first-order valence-corrected chi connectivity index (χ1v) is 8.67. The lowest BCUT2D eigenvalue weighted by Gasteiger charge is -2.24. The Bertz CT molecular complexity index is 971. The van der Waals surface area contributed by atoms with Gasteiger partial charge in [-0.1, -0.05) is 13.8 Å². The van der Waals surface area contributed by atoms with Crippen LogP contribution in [0.2, 0.25) is 0 Å². The van der Waals surface area contributed by atoms with Gasteiger partial charge in [-0.05, 0) is 37.1 Å². The summed E-state index contributed by atoms with van der Waals surface area (Å²) in [5.74, 6) is -0.430. The van der Waals surface area contributed by atoms with Crippen LogP contribution in [0.15, 0.2) is 36.7 Å². The lowest BCUT2D eigenvalue weighted by molar-refractivity contribution is 0.0528. The fraction of sp³-hybridized carbons (Fsp3) is 0.316. The van der Waals surface area contributed by atoms with E-state index in [1.807, 2.05) is 13.8 Å². The summed E-state index contributed by atoms with van der Waals surface area (Å²) >= 11 is 0. The Hall–Kier alpha value is -3.16. The number of fused-ring (bicyclic) bond motifs is 1. The van der Waals surface area contributed by atoms with Crippen LogP contribution in [-0.2, 0) is 4.74 Å². The molecule has 0 fully saturated rings. The van der Waals surface area contributed by atoms with E-state index in [9.17, 15) is 14.3 Å². The van der Waals surface area contributed by atoms with Gasteiger partial charge in [-0.2, -0.15) is 5.10 Å². The molecule has 0 aliphatic carbocycles. The molecule has 0 amide bonds. The van der Waals surface area contributed by atoms with Gasteiger partial charge >= 0.3 is 5.97 Å². The van der Waals surface area contributed by atoms with Gasteiger partial charge in [-0.15, -0.1) is 0 Å². The number of phenols is 1. The van der Waals surface area contributed by atoms with Crippen molar-refractivity contribution in [2.45, 2.75) is 26.8 Å².